The zero-order valence-electron chi connectivity index (χ0n) is 11.5. The number of aryl methyl sites for hydroxylation is 1. The van der Waals surface area contributed by atoms with Gasteiger partial charge in [0.2, 0.25) is 0 Å². The Bertz CT molecular complexity index is 455. The molecule has 1 aromatic rings. The first kappa shape index (κ1) is 12.7. The molecule has 4 heteroatoms. The quantitative estimate of drug-likeness (QED) is 0.908. The molecule has 0 bridgehead atoms. The zero-order chi connectivity index (χ0) is 13.2. The molecule has 2 atom stereocenters. The molecule has 1 N–H and O–H groups in total. The van der Waals surface area contributed by atoms with Gasteiger partial charge in [-0.05, 0) is 37.9 Å². The van der Waals surface area contributed by atoms with Crippen LogP contribution in [0.4, 0.5) is 0 Å². The molecule has 1 aromatic heterocycles. The number of carbonyl (C=O) groups excluding carboxylic acids is 1. The summed E-state index contributed by atoms with van der Waals surface area (Å²) >= 11 is 0. The highest BCUT2D eigenvalue weighted by Crippen LogP contribution is 2.27. The van der Waals surface area contributed by atoms with Crippen LogP contribution in [0.5, 0.6) is 0 Å². The van der Waals surface area contributed by atoms with E-state index < -0.39 is 0 Å². The van der Waals surface area contributed by atoms with Crippen LogP contribution in [0.15, 0.2) is 16.5 Å². The Kier molecular flexibility index (Phi) is 3.60. The molecule has 2 saturated heterocycles. The van der Waals surface area contributed by atoms with Crippen molar-refractivity contribution in [2.24, 2.45) is 0 Å². The van der Waals surface area contributed by atoms with Gasteiger partial charge in [0, 0.05) is 25.0 Å². The van der Waals surface area contributed by atoms with Gasteiger partial charge < -0.3 is 9.73 Å². The molecule has 0 unspecified atom stereocenters. The van der Waals surface area contributed by atoms with Crippen molar-refractivity contribution in [2.45, 2.75) is 51.1 Å². The molecule has 2 aliphatic rings. The van der Waals surface area contributed by atoms with Crippen molar-refractivity contribution in [1.29, 1.82) is 0 Å². The third-order valence-corrected chi connectivity index (χ3v) is 4.41. The number of hydrogen-bond donors (Lipinski definition) is 1. The van der Waals surface area contributed by atoms with Gasteiger partial charge in [-0.3, -0.25) is 9.69 Å². The summed E-state index contributed by atoms with van der Waals surface area (Å²) in [7, 11) is 0. The standard InChI is InChI=1S/C15H22N2O2/c1-2-11-6-7-14(19-11)15(18)16-12-8-10-17-9-4-3-5-13(12)17/h6-7,12-13H,2-5,8-10H2,1H3,(H,16,18)/t12-,13+/m1/s1. The maximum absolute atomic E-state index is 12.2. The molecule has 104 valence electrons. The van der Waals surface area contributed by atoms with Crippen molar-refractivity contribution in [3.05, 3.63) is 23.7 Å². The molecule has 19 heavy (non-hydrogen) atoms. The Hall–Kier alpha value is -1.29. The van der Waals surface area contributed by atoms with Crippen LogP contribution in [0.3, 0.4) is 0 Å². The molecule has 2 fully saturated rings. The molecule has 0 radical (unpaired) electrons. The second-order valence-corrected chi connectivity index (χ2v) is 5.59. The minimum Gasteiger partial charge on any atom is -0.456 e. The van der Waals surface area contributed by atoms with E-state index in [1.165, 1.54) is 25.8 Å². The van der Waals surface area contributed by atoms with Gasteiger partial charge in [0.15, 0.2) is 5.76 Å². The van der Waals surface area contributed by atoms with Gasteiger partial charge in [-0.1, -0.05) is 13.3 Å². The summed E-state index contributed by atoms with van der Waals surface area (Å²) < 4.78 is 5.52. The van der Waals surface area contributed by atoms with Gasteiger partial charge in [0.05, 0.1) is 0 Å². The minimum atomic E-state index is -0.0582. The number of carbonyl (C=O) groups is 1. The third-order valence-electron chi connectivity index (χ3n) is 4.41. The van der Waals surface area contributed by atoms with E-state index in [2.05, 4.69) is 10.2 Å². The second kappa shape index (κ2) is 5.37. The average Bonchev–Trinajstić information content (AvgIpc) is 3.06. The summed E-state index contributed by atoms with van der Waals surface area (Å²) in [4.78, 5) is 14.7. The first-order valence-electron chi connectivity index (χ1n) is 7.41. The molecule has 3 heterocycles. The van der Waals surface area contributed by atoms with Crippen LogP contribution < -0.4 is 5.32 Å². The van der Waals surface area contributed by atoms with Gasteiger partial charge >= 0.3 is 0 Å². The molecule has 4 nitrogen and oxygen atoms in total. The van der Waals surface area contributed by atoms with Gasteiger partial charge in [-0.15, -0.1) is 0 Å². The SMILES string of the molecule is CCc1ccc(C(=O)N[C@@H]2CCN3CCCC[C@@H]23)o1. The van der Waals surface area contributed by atoms with Gasteiger partial charge in [-0.25, -0.2) is 0 Å². The molecule has 0 aliphatic carbocycles. The largest absolute Gasteiger partial charge is 0.456 e. The van der Waals surface area contributed by atoms with Crippen LogP contribution in [0.1, 0.15) is 48.9 Å². The molecule has 0 aromatic carbocycles. The fourth-order valence-corrected chi connectivity index (χ4v) is 3.35. The highest BCUT2D eigenvalue weighted by Gasteiger charge is 2.36. The number of furan rings is 1. The first-order valence-corrected chi connectivity index (χ1v) is 7.41. The number of piperidine rings is 1. The Balaban J connectivity index is 1.63. The van der Waals surface area contributed by atoms with E-state index in [4.69, 9.17) is 4.42 Å². The van der Waals surface area contributed by atoms with E-state index in [9.17, 15) is 4.79 Å². The maximum atomic E-state index is 12.2. The van der Waals surface area contributed by atoms with Crippen molar-refractivity contribution in [1.82, 2.24) is 10.2 Å². The third kappa shape index (κ3) is 2.54. The summed E-state index contributed by atoms with van der Waals surface area (Å²) in [6.07, 6.45) is 5.69. The van der Waals surface area contributed by atoms with E-state index in [1.807, 2.05) is 13.0 Å². The molecule has 2 aliphatic heterocycles. The van der Waals surface area contributed by atoms with Crippen LogP contribution in [0.2, 0.25) is 0 Å². The Morgan fingerprint density at radius 2 is 2.26 bits per heavy atom. The minimum absolute atomic E-state index is 0.0582. The summed E-state index contributed by atoms with van der Waals surface area (Å²) in [5, 5.41) is 3.16. The fraction of sp³-hybridized carbons (Fsp3) is 0.667. The highest BCUT2D eigenvalue weighted by atomic mass is 16.3. The van der Waals surface area contributed by atoms with Gasteiger partial charge in [0.25, 0.3) is 5.91 Å². The molecular formula is C15H22N2O2. The lowest BCUT2D eigenvalue weighted by molar-refractivity contribution is 0.0886. The number of nitrogens with one attached hydrogen (secondary N) is 1. The lowest BCUT2D eigenvalue weighted by Crippen LogP contribution is -2.46. The lowest BCUT2D eigenvalue weighted by atomic mass is 9.99. The molecular weight excluding hydrogens is 240 g/mol. The van der Waals surface area contributed by atoms with E-state index in [1.54, 1.807) is 6.07 Å². The van der Waals surface area contributed by atoms with Crippen LogP contribution in [0, 0.1) is 0 Å². The summed E-state index contributed by atoms with van der Waals surface area (Å²) in [5.74, 6) is 1.26. The number of hydrogen-bond acceptors (Lipinski definition) is 3. The predicted molar refractivity (Wildman–Crippen MR) is 73.2 cm³/mol. The number of fused-ring (bicyclic) bond motifs is 1. The van der Waals surface area contributed by atoms with Gasteiger partial charge in [0.1, 0.15) is 5.76 Å². The molecule has 1 amide bonds. The van der Waals surface area contributed by atoms with Crippen molar-refractivity contribution in [3.8, 4) is 0 Å². The number of rotatable bonds is 3. The zero-order valence-corrected chi connectivity index (χ0v) is 11.5. The lowest BCUT2D eigenvalue weighted by Gasteiger charge is -2.32. The Labute approximate surface area is 114 Å². The van der Waals surface area contributed by atoms with Crippen molar-refractivity contribution >= 4 is 5.91 Å². The molecule has 3 rings (SSSR count). The Morgan fingerprint density at radius 1 is 1.37 bits per heavy atom. The molecule has 0 spiro atoms. The fourth-order valence-electron chi connectivity index (χ4n) is 3.35. The normalized spacial score (nSPS) is 27.2. The monoisotopic (exact) mass is 262 g/mol. The van der Waals surface area contributed by atoms with Crippen molar-refractivity contribution in [2.75, 3.05) is 13.1 Å². The number of amides is 1. The van der Waals surface area contributed by atoms with Crippen LogP contribution >= 0.6 is 0 Å². The van der Waals surface area contributed by atoms with E-state index in [0.29, 0.717) is 17.8 Å². The smallest absolute Gasteiger partial charge is 0.287 e. The van der Waals surface area contributed by atoms with Crippen molar-refractivity contribution in [3.63, 3.8) is 0 Å². The van der Waals surface area contributed by atoms with E-state index >= 15 is 0 Å². The predicted octanol–water partition coefficient (Wildman–Crippen LogP) is 2.20. The van der Waals surface area contributed by atoms with Crippen LogP contribution in [-0.2, 0) is 6.42 Å². The maximum Gasteiger partial charge on any atom is 0.287 e. The van der Waals surface area contributed by atoms with Gasteiger partial charge in [-0.2, -0.15) is 0 Å². The topological polar surface area (TPSA) is 45.5 Å². The van der Waals surface area contributed by atoms with Crippen LogP contribution in [0.25, 0.3) is 0 Å². The second-order valence-electron chi connectivity index (χ2n) is 5.59. The van der Waals surface area contributed by atoms with E-state index in [0.717, 1.165) is 25.1 Å². The summed E-state index contributed by atoms with van der Waals surface area (Å²) in [5.41, 5.74) is 0. The Morgan fingerprint density at radius 3 is 3.05 bits per heavy atom. The summed E-state index contributed by atoms with van der Waals surface area (Å²) in [6, 6.07) is 4.50. The average molecular weight is 262 g/mol. The van der Waals surface area contributed by atoms with E-state index in [-0.39, 0.29) is 5.91 Å². The summed E-state index contributed by atoms with van der Waals surface area (Å²) in [6.45, 7) is 4.34. The van der Waals surface area contributed by atoms with Crippen molar-refractivity contribution < 1.29 is 9.21 Å². The number of nitrogens with zero attached hydrogens (tertiary/aromatic N) is 1. The molecule has 0 saturated carbocycles. The van der Waals surface area contributed by atoms with Crippen LogP contribution in [-0.4, -0.2) is 36.0 Å². The highest BCUT2D eigenvalue weighted by molar-refractivity contribution is 5.91. The first-order chi connectivity index (χ1) is 9.28.